The third-order valence-corrected chi connectivity index (χ3v) is 6.85. The molecule has 6 heteroatoms. The highest BCUT2D eigenvalue weighted by molar-refractivity contribution is 7.12. The highest BCUT2D eigenvalue weighted by Gasteiger charge is 2.28. The van der Waals surface area contributed by atoms with Gasteiger partial charge in [0.1, 0.15) is 0 Å². The van der Waals surface area contributed by atoms with Crippen molar-refractivity contribution < 1.29 is 9.59 Å². The minimum Gasteiger partial charge on any atom is -0.370 e. The molecule has 154 valence electrons. The molecule has 0 bridgehead atoms. The smallest absolute Gasteiger partial charge is 0.263 e. The number of rotatable bonds is 4. The van der Waals surface area contributed by atoms with Crippen molar-refractivity contribution in [2.45, 2.75) is 38.5 Å². The third kappa shape index (κ3) is 4.81. The third-order valence-electron chi connectivity index (χ3n) is 5.99. The summed E-state index contributed by atoms with van der Waals surface area (Å²) in [6.45, 7) is 3.39. The van der Waals surface area contributed by atoms with Gasteiger partial charge in [-0.25, -0.2) is 0 Å². The lowest BCUT2D eigenvalue weighted by molar-refractivity contribution is -0.121. The minimum absolute atomic E-state index is 0.0421. The lowest BCUT2D eigenvalue weighted by Gasteiger charge is -2.31. The largest absolute Gasteiger partial charge is 0.370 e. The number of anilines is 2. The van der Waals surface area contributed by atoms with E-state index >= 15 is 0 Å². The molecule has 1 N–H and O–H groups in total. The fourth-order valence-electron chi connectivity index (χ4n) is 4.30. The maximum Gasteiger partial charge on any atom is 0.263 e. The highest BCUT2D eigenvalue weighted by Crippen LogP contribution is 2.29. The van der Waals surface area contributed by atoms with Gasteiger partial charge in [0.15, 0.2) is 0 Å². The Labute approximate surface area is 176 Å². The maximum absolute atomic E-state index is 12.9. The van der Waals surface area contributed by atoms with Crippen LogP contribution in [-0.4, -0.2) is 42.9 Å². The lowest BCUT2D eigenvalue weighted by Crippen LogP contribution is -2.41. The number of carbonyl (C=O) groups is 2. The first-order valence-electron chi connectivity index (χ1n) is 10.7. The molecular weight excluding hydrogens is 382 g/mol. The van der Waals surface area contributed by atoms with Gasteiger partial charge in [0.25, 0.3) is 5.91 Å². The van der Waals surface area contributed by atoms with Crippen LogP contribution in [0, 0.1) is 5.92 Å². The number of piperidine rings is 1. The summed E-state index contributed by atoms with van der Waals surface area (Å²) in [6, 6.07) is 11.9. The SMILES string of the molecule is O=C(Nc1ccccc1N1CCCCCC1)C1CCN(C(=O)c2cccs2)CC1. The van der Waals surface area contributed by atoms with Crippen LogP contribution >= 0.6 is 11.3 Å². The van der Waals surface area contributed by atoms with Gasteiger partial charge in [0.05, 0.1) is 16.3 Å². The molecule has 2 aliphatic heterocycles. The monoisotopic (exact) mass is 411 g/mol. The summed E-state index contributed by atoms with van der Waals surface area (Å²) in [5, 5.41) is 5.11. The summed E-state index contributed by atoms with van der Waals surface area (Å²) in [5.74, 6) is 0.125. The molecule has 1 aromatic carbocycles. The number of benzene rings is 1. The van der Waals surface area contributed by atoms with Crippen LogP contribution in [0.4, 0.5) is 11.4 Å². The van der Waals surface area contributed by atoms with Crippen LogP contribution in [0.2, 0.25) is 0 Å². The van der Waals surface area contributed by atoms with Gasteiger partial charge < -0.3 is 15.1 Å². The second-order valence-corrected chi connectivity index (χ2v) is 8.90. The second kappa shape index (κ2) is 9.44. The molecule has 5 nitrogen and oxygen atoms in total. The van der Waals surface area contributed by atoms with E-state index < -0.39 is 0 Å². The molecular formula is C23H29N3O2S. The average molecular weight is 412 g/mol. The zero-order valence-corrected chi connectivity index (χ0v) is 17.6. The molecule has 2 aliphatic rings. The van der Waals surface area contributed by atoms with E-state index in [-0.39, 0.29) is 17.7 Å². The molecule has 0 spiro atoms. The Morgan fingerprint density at radius 1 is 0.897 bits per heavy atom. The van der Waals surface area contributed by atoms with Crippen molar-refractivity contribution in [2.75, 3.05) is 36.4 Å². The van der Waals surface area contributed by atoms with Gasteiger partial charge in [-0.1, -0.05) is 31.0 Å². The Morgan fingerprint density at radius 2 is 1.62 bits per heavy atom. The lowest BCUT2D eigenvalue weighted by atomic mass is 9.95. The molecule has 2 saturated heterocycles. The summed E-state index contributed by atoms with van der Waals surface area (Å²) in [7, 11) is 0. The van der Waals surface area contributed by atoms with Crippen LogP contribution < -0.4 is 10.2 Å². The van der Waals surface area contributed by atoms with Gasteiger partial charge in [-0.15, -0.1) is 11.3 Å². The van der Waals surface area contributed by atoms with Crippen LogP contribution in [0.1, 0.15) is 48.2 Å². The summed E-state index contributed by atoms with van der Waals surface area (Å²) < 4.78 is 0. The van der Waals surface area contributed by atoms with Gasteiger partial charge in [0.2, 0.25) is 5.91 Å². The van der Waals surface area contributed by atoms with Crippen LogP contribution in [0.15, 0.2) is 41.8 Å². The molecule has 0 atom stereocenters. The number of amides is 2. The first kappa shape index (κ1) is 20.0. The highest BCUT2D eigenvalue weighted by atomic mass is 32.1. The van der Waals surface area contributed by atoms with E-state index in [1.165, 1.54) is 37.0 Å². The number of nitrogens with zero attached hydrogens (tertiary/aromatic N) is 2. The molecule has 29 heavy (non-hydrogen) atoms. The van der Waals surface area contributed by atoms with E-state index in [2.05, 4.69) is 16.3 Å². The zero-order valence-electron chi connectivity index (χ0n) is 16.8. The van der Waals surface area contributed by atoms with Crippen LogP contribution in [0.5, 0.6) is 0 Å². The molecule has 3 heterocycles. The van der Waals surface area contributed by atoms with Crippen molar-refractivity contribution in [1.29, 1.82) is 0 Å². The Bertz CT molecular complexity index is 820. The number of hydrogen-bond acceptors (Lipinski definition) is 4. The summed E-state index contributed by atoms with van der Waals surface area (Å²) >= 11 is 1.47. The normalized spacial score (nSPS) is 18.3. The Balaban J connectivity index is 1.36. The van der Waals surface area contributed by atoms with E-state index in [1.54, 1.807) is 0 Å². The van der Waals surface area contributed by atoms with E-state index in [0.717, 1.165) is 42.2 Å². The summed E-state index contributed by atoms with van der Waals surface area (Å²) in [4.78, 5) is 30.5. The predicted molar refractivity (Wildman–Crippen MR) is 119 cm³/mol. The number of hydrogen-bond donors (Lipinski definition) is 1. The van der Waals surface area contributed by atoms with Gasteiger partial charge in [0, 0.05) is 32.1 Å². The van der Waals surface area contributed by atoms with Gasteiger partial charge in [-0.3, -0.25) is 9.59 Å². The van der Waals surface area contributed by atoms with Crippen LogP contribution in [-0.2, 0) is 4.79 Å². The molecule has 2 amide bonds. The molecule has 0 saturated carbocycles. The number of para-hydroxylation sites is 2. The van der Waals surface area contributed by atoms with Crippen molar-refractivity contribution in [3.05, 3.63) is 46.7 Å². The molecule has 4 rings (SSSR count). The minimum atomic E-state index is -0.0421. The quantitative estimate of drug-likeness (QED) is 0.799. The predicted octanol–water partition coefficient (Wildman–Crippen LogP) is 4.62. The maximum atomic E-state index is 12.9. The molecule has 2 fully saturated rings. The molecule has 0 unspecified atom stereocenters. The molecule has 2 aromatic rings. The Hall–Kier alpha value is -2.34. The summed E-state index contributed by atoms with van der Waals surface area (Å²) in [6.07, 6.45) is 6.42. The molecule has 0 radical (unpaired) electrons. The molecule has 1 aromatic heterocycles. The van der Waals surface area contributed by atoms with E-state index in [1.807, 2.05) is 40.6 Å². The van der Waals surface area contributed by atoms with Crippen LogP contribution in [0.3, 0.4) is 0 Å². The van der Waals surface area contributed by atoms with E-state index in [0.29, 0.717) is 13.1 Å². The number of likely N-dealkylation sites (tertiary alicyclic amines) is 1. The first-order valence-corrected chi connectivity index (χ1v) is 11.6. The average Bonchev–Trinajstić information content (AvgIpc) is 3.16. The van der Waals surface area contributed by atoms with Gasteiger partial charge >= 0.3 is 0 Å². The van der Waals surface area contributed by atoms with Gasteiger partial charge in [-0.2, -0.15) is 0 Å². The second-order valence-electron chi connectivity index (χ2n) is 7.95. The first-order chi connectivity index (χ1) is 14.2. The van der Waals surface area contributed by atoms with E-state index in [9.17, 15) is 9.59 Å². The van der Waals surface area contributed by atoms with Crippen molar-refractivity contribution in [3.63, 3.8) is 0 Å². The van der Waals surface area contributed by atoms with E-state index in [4.69, 9.17) is 0 Å². The van der Waals surface area contributed by atoms with Crippen molar-refractivity contribution in [1.82, 2.24) is 4.90 Å². The fourth-order valence-corrected chi connectivity index (χ4v) is 4.99. The standard InChI is InChI=1S/C23H29N3O2S/c27-22(18-11-15-26(16-12-18)23(28)21-10-7-17-29-21)24-19-8-3-4-9-20(19)25-13-5-1-2-6-14-25/h3-4,7-10,17-18H,1-2,5-6,11-16H2,(H,24,27). The van der Waals surface area contributed by atoms with Crippen molar-refractivity contribution in [3.8, 4) is 0 Å². The Morgan fingerprint density at radius 3 is 2.31 bits per heavy atom. The number of carbonyl (C=O) groups excluding carboxylic acids is 2. The topological polar surface area (TPSA) is 52.7 Å². The Kier molecular flexibility index (Phi) is 6.49. The fraction of sp³-hybridized carbons (Fsp3) is 0.478. The molecule has 0 aliphatic carbocycles. The summed E-state index contributed by atoms with van der Waals surface area (Å²) in [5.41, 5.74) is 2.05. The van der Waals surface area contributed by atoms with Crippen molar-refractivity contribution in [2.24, 2.45) is 5.92 Å². The number of thiophene rings is 1. The number of nitrogens with one attached hydrogen (secondary N) is 1. The zero-order chi connectivity index (χ0) is 20.1. The van der Waals surface area contributed by atoms with Crippen molar-refractivity contribution >= 4 is 34.5 Å². The van der Waals surface area contributed by atoms with Gasteiger partial charge in [-0.05, 0) is 49.3 Å². The van der Waals surface area contributed by atoms with Crippen LogP contribution in [0.25, 0.3) is 0 Å².